The number of aromatic nitrogens is 2. The van der Waals surface area contributed by atoms with Crippen LogP contribution in [0.4, 0.5) is 0 Å². The molecule has 5 heteroatoms. The van der Waals surface area contributed by atoms with Crippen molar-refractivity contribution in [3.05, 3.63) is 51.5 Å². The Morgan fingerprint density at radius 3 is 2.75 bits per heavy atom. The molecule has 3 nitrogen and oxygen atoms in total. The van der Waals surface area contributed by atoms with Gasteiger partial charge in [0.2, 0.25) is 0 Å². The average molecular weight is 255 g/mol. The highest BCUT2D eigenvalue weighted by Gasteiger charge is 2.03. The summed E-state index contributed by atoms with van der Waals surface area (Å²) in [6.07, 6.45) is 2.82. The minimum absolute atomic E-state index is 0.468. The number of hydrogen-bond acceptors (Lipinski definition) is 2. The molecule has 0 aliphatic rings. The molecule has 2 aromatic rings. The van der Waals surface area contributed by atoms with Gasteiger partial charge in [-0.3, -0.25) is 4.79 Å². The number of nitrogens with one attached hydrogen (secondary N) is 1. The maximum atomic E-state index is 10.5. The molecule has 0 radical (unpaired) electrons. The van der Waals surface area contributed by atoms with Crippen LogP contribution in [0, 0.1) is 0 Å². The molecule has 0 aliphatic carbocycles. The molecular weight excluding hydrogens is 247 g/mol. The molecule has 0 saturated heterocycles. The molecule has 1 N–H and O–H groups in total. The first kappa shape index (κ1) is 11.2. The SMILES string of the molecule is O=Cc1cnc(Cc2ccc(Cl)c(Cl)c2)[nH]1. The van der Waals surface area contributed by atoms with Crippen molar-refractivity contribution < 1.29 is 4.79 Å². The summed E-state index contributed by atoms with van der Waals surface area (Å²) in [5.41, 5.74) is 1.45. The number of benzene rings is 1. The first-order chi connectivity index (χ1) is 7.69. The van der Waals surface area contributed by atoms with Gasteiger partial charge in [-0.2, -0.15) is 0 Å². The van der Waals surface area contributed by atoms with Gasteiger partial charge in [0.05, 0.1) is 21.9 Å². The zero-order valence-electron chi connectivity index (χ0n) is 8.21. The Kier molecular flexibility index (Phi) is 3.27. The maximum Gasteiger partial charge on any atom is 0.167 e. The van der Waals surface area contributed by atoms with Crippen LogP contribution in [0.2, 0.25) is 10.0 Å². The largest absolute Gasteiger partial charge is 0.340 e. The fraction of sp³-hybridized carbons (Fsp3) is 0.0909. The summed E-state index contributed by atoms with van der Waals surface area (Å²) in [4.78, 5) is 17.4. The van der Waals surface area contributed by atoms with Gasteiger partial charge in [0.1, 0.15) is 5.82 Å². The number of halogens is 2. The van der Waals surface area contributed by atoms with E-state index in [1.165, 1.54) is 6.20 Å². The second kappa shape index (κ2) is 4.68. The number of aromatic amines is 1. The highest BCUT2D eigenvalue weighted by molar-refractivity contribution is 6.42. The molecule has 0 spiro atoms. The van der Waals surface area contributed by atoms with E-state index in [1.807, 2.05) is 6.07 Å². The van der Waals surface area contributed by atoms with E-state index in [9.17, 15) is 4.79 Å². The van der Waals surface area contributed by atoms with E-state index in [4.69, 9.17) is 23.2 Å². The van der Waals surface area contributed by atoms with Gasteiger partial charge in [0, 0.05) is 6.42 Å². The molecule has 1 aromatic carbocycles. The molecule has 2 rings (SSSR count). The number of carbonyl (C=O) groups excluding carboxylic acids is 1. The fourth-order valence-electron chi connectivity index (χ4n) is 1.37. The van der Waals surface area contributed by atoms with Crippen molar-refractivity contribution in [2.75, 3.05) is 0 Å². The van der Waals surface area contributed by atoms with E-state index >= 15 is 0 Å². The molecule has 1 aromatic heterocycles. The molecule has 0 unspecified atom stereocenters. The predicted octanol–water partition coefficient (Wildman–Crippen LogP) is 3.12. The van der Waals surface area contributed by atoms with Crippen LogP contribution in [0.5, 0.6) is 0 Å². The third kappa shape index (κ3) is 2.43. The third-order valence-corrected chi connectivity index (χ3v) is 2.87. The van der Waals surface area contributed by atoms with Gasteiger partial charge in [-0.05, 0) is 17.7 Å². The van der Waals surface area contributed by atoms with E-state index in [-0.39, 0.29) is 0 Å². The molecule has 0 amide bonds. The Balaban J connectivity index is 2.20. The summed E-state index contributed by atoms with van der Waals surface area (Å²) in [6.45, 7) is 0. The Bertz CT molecular complexity index is 522. The number of carbonyl (C=O) groups is 1. The summed E-state index contributed by atoms with van der Waals surface area (Å²) >= 11 is 11.7. The Hall–Kier alpha value is -1.32. The van der Waals surface area contributed by atoms with E-state index < -0.39 is 0 Å². The third-order valence-electron chi connectivity index (χ3n) is 2.13. The Morgan fingerprint density at radius 1 is 1.31 bits per heavy atom. The Morgan fingerprint density at radius 2 is 2.12 bits per heavy atom. The van der Waals surface area contributed by atoms with Gasteiger partial charge in [0.25, 0.3) is 0 Å². The lowest BCUT2D eigenvalue weighted by molar-refractivity contribution is 0.111. The molecule has 1 heterocycles. The standard InChI is InChI=1S/C11H8Cl2N2O/c12-9-2-1-7(3-10(9)13)4-11-14-5-8(6-16)15-11/h1-3,5-6H,4H2,(H,14,15). The van der Waals surface area contributed by atoms with E-state index in [1.54, 1.807) is 12.1 Å². The number of aldehydes is 1. The summed E-state index contributed by atoms with van der Waals surface area (Å²) in [6, 6.07) is 5.40. The number of hydrogen-bond donors (Lipinski definition) is 1. The second-order valence-electron chi connectivity index (χ2n) is 3.33. The summed E-state index contributed by atoms with van der Waals surface area (Å²) < 4.78 is 0. The summed E-state index contributed by atoms with van der Waals surface area (Å²) in [7, 11) is 0. The van der Waals surface area contributed by atoms with Gasteiger partial charge < -0.3 is 4.98 Å². The molecular formula is C11H8Cl2N2O. The molecule has 0 aliphatic heterocycles. The lowest BCUT2D eigenvalue weighted by Crippen LogP contribution is -1.91. The second-order valence-corrected chi connectivity index (χ2v) is 4.14. The quantitative estimate of drug-likeness (QED) is 0.856. The molecule has 82 valence electrons. The number of H-pyrrole nitrogens is 1. The van der Waals surface area contributed by atoms with Crippen molar-refractivity contribution in [1.82, 2.24) is 9.97 Å². The monoisotopic (exact) mass is 254 g/mol. The van der Waals surface area contributed by atoms with Crippen LogP contribution >= 0.6 is 23.2 Å². The normalized spacial score (nSPS) is 10.4. The van der Waals surface area contributed by atoms with Crippen molar-refractivity contribution in [2.24, 2.45) is 0 Å². The van der Waals surface area contributed by atoms with Crippen molar-refractivity contribution in [3.8, 4) is 0 Å². The van der Waals surface area contributed by atoms with Crippen LogP contribution in [0.3, 0.4) is 0 Å². The van der Waals surface area contributed by atoms with Crippen molar-refractivity contribution in [2.45, 2.75) is 6.42 Å². The topological polar surface area (TPSA) is 45.8 Å². The van der Waals surface area contributed by atoms with Crippen LogP contribution in [0.15, 0.2) is 24.4 Å². The summed E-state index contributed by atoms with van der Waals surface area (Å²) in [5.74, 6) is 0.723. The first-order valence-corrected chi connectivity index (χ1v) is 5.37. The highest BCUT2D eigenvalue weighted by atomic mass is 35.5. The summed E-state index contributed by atoms with van der Waals surface area (Å²) in [5, 5.41) is 1.04. The van der Waals surface area contributed by atoms with E-state index in [0.29, 0.717) is 22.2 Å². The van der Waals surface area contributed by atoms with Crippen LogP contribution < -0.4 is 0 Å². The van der Waals surface area contributed by atoms with Crippen LogP contribution in [0.1, 0.15) is 21.9 Å². The fourth-order valence-corrected chi connectivity index (χ4v) is 1.69. The van der Waals surface area contributed by atoms with Crippen LogP contribution in [-0.2, 0) is 6.42 Å². The van der Waals surface area contributed by atoms with Gasteiger partial charge in [-0.1, -0.05) is 29.3 Å². The van der Waals surface area contributed by atoms with E-state index in [2.05, 4.69) is 9.97 Å². The lowest BCUT2D eigenvalue weighted by atomic mass is 10.1. The van der Waals surface area contributed by atoms with Gasteiger partial charge in [-0.25, -0.2) is 4.98 Å². The minimum Gasteiger partial charge on any atom is -0.340 e. The lowest BCUT2D eigenvalue weighted by Gasteiger charge is -2.00. The number of imidazole rings is 1. The van der Waals surface area contributed by atoms with Crippen molar-refractivity contribution in [3.63, 3.8) is 0 Å². The van der Waals surface area contributed by atoms with Crippen molar-refractivity contribution >= 4 is 29.5 Å². The smallest absolute Gasteiger partial charge is 0.167 e. The van der Waals surface area contributed by atoms with Gasteiger partial charge in [-0.15, -0.1) is 0 Å². The molecule has 0 bridgehead atoms. The van der Waals surface area contributed by atoms with Gasteiger partial charge >= 0.3 is 0 Å². The van der Waals surface area contributed by atoms with Crippen molar-refractivity contribution in [1.29, 1.82) is 0 Å². The minimum atomic E-state index is 0.468. The van der Waals surface area contributed by atoms with E-state index in [0.717, 1.165) is 17.7 Å². The maximum absolute atomic E-state index is 10.5. The van der Waals surface area contributed by atoms with Gasteiger partial charge in [0.15, 0.2) is 6.29 Å². The zero-order valence-corrected chi connectivity index (χ0v) is 9.72. The van der Waals surface area contributed by atoms with Crippen LogP contribution in [0.25, 0.3) is 0 Å². The molecule has 0 atom stereocenters. The number of nitrogens with zero attached hydrogens (tertiary/aromatic N) is 1. The molecule has 0 saturated carbocycles. The molecule has 16 heavy (non-hydrogen) atoms. The molecule has 0 fully saturated rings. The predicted molar refractivity (Wildman–Crippen MR) is 63.2 cm³/mol. The first-order valence-electron chi connectivity index (χ1n) is 4.62. The van der Waals surface area contributed by atoms with Crippen LogP contribution in [-0.4, -0.2) is 16.3 Å². The Labute approximate surface area is 102 Å². The zero-order chi connectivity index (χ0) is 11.5. The highest BCUT2D eigenvalue weighted by Crippen LogP contribution is 2.23. The average Bonchev–Trinajstić information content (AvgIpc) is 2.71. The number of rotatable bonds is 3.